The van der Waals surface area contributed by atoms with Crippen LogP contribution in [0, 0.1) is 0 Å². The number of rotatable bonds is 7. The van der Waals surface area contributed by atoms with Gasteiger partial charge < -0.3 is 15.0 Å². The number of urea groups is 1. The Morgan fingerprint density at radius 3 is 2.69 bits per heavy atom. The fourth-order valence-corrected chi connectivity index (χ4v) is 4.30. The highest BCUT2D eigenvalue weighted by molar-refractivity contribution is 7.09. The van der Waals surface area contributed by atoms with Crippen molar-refractivity contribution in [2.75, 3.05) is 31.1 Å². The van der Waals surface area contributed by atoms with Crippen LogP contribution in [0.1, 0.15) is 28.1 Å². The third kappa shape index (κ3) is 5.42. The van der Waals surface area contributed by atoms with Crippen LogP contribution in [-0.2, 0) is 16.0 Å². The first-order valence-electron chi connectivity index (χ1n) is 10.5. The average Bonchev–Trinajstić information content (AvgIpc) is 3.51. The minimum atomic E-state index is -0.691. The zero-order valence-corrected chi connectivity index (χ0v) is 18.3. The van der Waals surface area contributed by atoms with Gasteiger partial charge in [-0.1, -0.05) is 24.3 Å². The summed E-state index contributed by atoms with van der Waals surface area (Å²) in [4.78, 5) is 44.6. The molecule has 2 aromatic heterocycles. The minimum Gasteiger partial charge on any atom is -0.452 e. The summed E-state index contributed by atoms with van der Waals surface area (Å²) >= 11 is 1.60. The van der Waals surface area contributed by atoms with E-state index in [-0.39, 0.29) is 0 Å². The Morgan fingerprint density at radius 2 is 1.91 bits per heavy atom. The van der Waals surface area contributed by atoms with Gasteiger partial charge in [0.25, 0.3) is 5.91 Å². The van der Waals surface area contributed by atoms with Crippen LogP contribution >= 0.6 is 11.3 Å². The largest absolute Gasteiger partial charge is 0.452 e. The summed E-state index contributed by atoms with van der Waals surface area (Å²) in [5.74, 6) is -0.764. The molecule has 1 aromatic carbocycles. The predicted molar refractivity (Wildman–Crippen MR) is 123 cm³/mol. The molecule has 0 aliphatic carbocycles. The van der Waals surface area contributed by atoms with Crippen LogP contribution in [0.4, 0.5) is 10.6 Å². The van der Waals surface area contributed by atoms with E-state index in [1.165, 1.54) is 0 Å². The van der Waals surface area contributed by atoms with E-state index < -0.39 is 24.5 Å². The molecule has 166 valence electrons. The molecule has 3 amide bonds. The SMILES string of the molecule is O=C(COC(=O)c1cc2ccccc2nc1N1CCCC1)NC(=O)NCCc1cccs1. The van der Waals surface area contributed by atoms with Gasteiger partial charge in [0.1, 0.15) is 11.4 Å². The van der Waals surface area contributed by atoms with Crippen molar-refractivity contribution in [3.05, 3.63) is 58.3 Å². The lowest BCUT2D eigenvalue weighted by atomic mass is 10.1. The molecular formula is C23H24N4O4S. The molecule has 4 rings (SSSR count). The van der Waals surface area contributed by atoms with Crippen molar-refractivity contribution >= 4 is 46.0 Å². The van der Waals surface area contributed by atoms with Crippen molar-refractivity contribution in [2.45, 2.75) is 19.3 Å². The number of amides is 3. The molecule has 3 aromatic rings. The topological polar surface area (TPSA) is 101 Å². The first-order chi connectivity index (χ1) is 15.6. The Kier molecular flexibility index (Phi) is 6.96. The molecule has 2 N–H and O–H groups in total. The quantitative estimate of drug-likeness (QED) is 0.534. The molecule has 1 fully saturated rings. The number of anilines is 1. The van der Waals surface area contributed by atoms with E-state index in [1.54, 1.807) is 17.4 Å². The van der Waals surface area contributed by atoms with E-state index in [9.17, 15) is 14.4 Å². The monoisotopic (exact) mass is 452 g/mol. The van der Waals surface area contributed by atoms with Gasteiger partial charge in [-0.05, 0) is 42.8 Å². The van der Waals surface area contributed by atoms with Crippen molar-refractivity contribution in [1.29, 1.82) is 0 Å². The van der Waals surface area contributed by atoms with Gasteiger partial charge in [-0.25, -0.2) is 14.6 Å². The van der Waals surface area contributed by atoms with E-state index in [1.807, 2.05) is 41.8 Å². The number of esters is 1. The maximum atomic E-state index is 12.8. The molecule has 0 atom stereocenters. The highest BCUT2D eigenvalue weighted by Gasteiger charge is 2.23. The molecule has 0 unspecified atom stereocenters. The van der Waals surface area contributed by atoms with Crippen LogP contribution in [0.5, 0.6) is 0 Å². The number of para-hydroxylation sites is 1. The van der Waals surface area contributed by atoms with E-state index >= 15 is 0 Å². The van der Waals surface area contributed by atoms with Crippen LogP contribution < -0.4 is 15.5 Å². The van der Waals surface area contributed by atoms with Gasteiger partial charge >= 0.3 is 12.0 Å². The summed E-state index contributed by atoms with van der Waals surface area (Å²) in [5, 5.41) is 7.58. The normalized spacial score (nSPS) is 13.2. The molecular weight excluding hydrogens is 428 g/mol. The maximum Gasteiger partial charge on any atom is 0.342 e. The number of hydrogen-bond acceptors (Lipinski definition) is 7. The van der Waals surface area contributed by atoms with Crippen molar-refractivity contribution in [1.82, 2.24) is 15.6 Å². The lowest BCUT2D eigenvalue weighted by Gasteiger charge is -2.20. The Morgan fingerprint density at radius 1 is 1.09 bits per heavy atom. The number of carbonyl (C=O) groups excluding carboxylic acids is 3. The Labute approximate surface area is 189 Å². The highest BCUT2D eigenvalue weighted by atomic mass is 32.1. The molecule has 0 radical (unpaired) electrons. The predicted octanol–water partition coefficient (Wildman–Crippen LogP) is 3.12. The van der Waals surface area contributed by atoms with E-state index in [2.05, 4.69) is 20.5 Å². The number of nitrogens with zero attached hydrogens (tertiary/aromatic N) is 2. The van der Waals surface area contributed by atoms with Gasteiger partial charge in [-0.15, -0.1) is 11.3 Å². The summed E-state index contributed by atoms with van der Waals surface area (Å²) < 4.78 is 5.21. The zero-order valence-electron chi connectivity index (χ0n) is 17.5. The summed E-state index contributed by atoms with van der Waals surface area (Å²) in [6, 6.07) is 12.6. The Bertz CT molecular complexity index is 1110. The number of pyridine rings is 1. The number of fused-ring (bicyclic) bond motifs is 1. The molecule has 1 aliphatic rings. The molecule has 1 aliphatic heterocycles. The number of nitrogens with one attached hydrogen (secondary N) is 2. The van der Waals surface area contributed by atoms with Crippen LogP contribution in [0.2, 0.25) is 0 Å². The number of aromatic nitrogens is 1. The van der Waals surface area contributed by atoms with Crippen LogP contribution in [0.15, 0.2) is 47.8 Å². The van der Waals surface area contributed by atoms with Gasteiger partial charge in [0.05, 0.1) is 5.52 Å². The standard InChI is InChI=1S/C23H24N4O4S/c28-20(26-23(30)24-10-9-17-7-5-13-32-17)15-31-22(29)18-14-16-6-1-2-8-19(16)25-21(18)27-11-3-4-12-27/h1-2,5-8,13-14H,3-4,9-12,15H2,(H2,24,26,28,30). The number of imide groups is 1. The van der Waals surface area contributed by atoms with Crippen molar-refractivity contribution in [3.63, 3.8) is 0 Å². The second kappa shape index (κ2) is 10.2. The van der Waals surface area contributed by atoms with E-state index in [0.717, 1.165) is 41.7 Å². The first-order valence-corrected chi connectivity index (χ1v) is 11.4. The Hall–Kier alpha value is -3.46. The van der Waals surface area contributed by atoms with E-state index in [0.29, 0.717) is 24.3 Å². The number of benzene rings is 1. The molecule has 3 heterocycles. The molecule has 1 saturated heterocycles. The first kappa shape index (κ1) is 21.8. The molecule has 0 saturated carbocycles. The van der Waals surface area contributed by atoms with Gasteiger partial charge in [0.2, 0.25) is 0 Å². The molecule has 8 nitrogen and oxygen atoms in total. The fourth-order valence-electron chi connectivity index (χ4n) is 3.60. The van der Waals surface area contributed by atoms with Crippen LogP contribution in [0.25, 0.3) is 10.9 Å². The molecule has 0 bridgehead atoms. The van der Waals surface area contributed by atoms with Crippen molar-refractivity contribution < 1.29 is 19.1 Å². The zero-order chi connectivity index (χ0) is 22.3. The molecule has 9 heteroatoms. The summed E-state index contributed by atoms with van der Waals surface area (Å²) in [7, 11) is 0. The average molecular weight is 453 g/mol. The second-order valence-electron chi connectivity index (χ2n) is 7.46. The third-order valence-electron chi connectivity index (χ3n) is 5.15. The van der Waals surface area contributed by atoms with Gasteiger partial charge in [-0.2, -0.15) is 0 Å². The van der Waals surface area contributed by atoms with Gasteiger partial charge in [-0.3, -0.25) is 10.1 Å². The summed E-state index contributed by atoms with van der Waals surface area (Å²) in [5.41, 5.74) is 1.11. The van der Waals surface area contributed by atoms with E-state index in [4.69, 9.17) is 4.74 Å². The maximum absolute atomic E-state index is 12.8. The highest BCUT2D eigenvalue weighted by Crippen LogP contribution is 2.27. The Balaban J connectivity index is 1.34. The lowest BCUT2D eigenvalue weighted by molar-refractivity contribution is -0.123. The third-order valence-corrected chi connectivity index (χ3v) is 6.09. The van der Waals surface area contributed by atoms with Crippen LogP contribution in [-0.4, -0.2) is 49.1 Å². The van der Waals surface area contributed by atoms with Crippen LogP contribution in [0.3, 0.4) is 0 Å². The lowest BCUT2D eigenvalue weighted by Crippen LogP contribution is -2.42. The van der Waals surface area contributed by atoms with Crippen molar-refractivity contribution in [2.24, 2.45) is 0 Å². The van der Waals surface area contributed by atoms with Crippen molar-refractivity contribution in [3.8, 4) is 0 Å². The number of ether oxygens (including phenoxy) is 1. The molecule has 32 heavy (non-hydrogen) atoms. The van der Waals surface area contributed by atoms with Gasteiger partial charge in [0, 0.05) is 29.9 Å². The smallest absolute Gasteiger partial charge is 0.342 e. The fraction of sp³-hybridized carbons (Fsp3) is 0.304. The number of hydrogen-bond donors (Lipinski definition) is 2. The number of thiophene rings is 1. The number of carbonyl (C=O) groups is 3. The second-order valence-corrected chi connectivity index (χ2v) is 8.49. The summed E-state index contributed by atoms with van der Waals surface area (Å²) in [6.45, 7) is 1.49. The minimum absolute atomic E-state index is 0.318. The summed E-state index contributed by atoms with van der Waals surface area (Å²) in [6.07, 6.45) is 2.75. The van der Waals surface area contributed by atoms with Gasteiger partial charge in [0.15, 0.2) is 6.61 Å². The molecule has 0 spiro atoms.